The Morgan fingerprint density at radius 2 is 2.21 bits per heavy atom. The van der Waals surface area contributed by atoms with Gasteiger partial charge in [-0.05, 0) is 49.0 Å². The van der Waals surface area contributed by atoms with Crippen LogP contribution < -0.4 is 5.32 Å². The average Bonchev–Trinajstić information content (AvgIpc) is 2.92. The summed E-state index contributed by atoms with van der Waals surface area (Å²) in [6.45, 7) is 4.66. The fourth-order valence-electron chi connectivity index (χ4n) is 5.59. The van der Waals surface area contributed by atoms with Crippen molar-refractivity contribution >= 4 is 23.5 Å². The molecular weight excluding hydrogens is 380 g/mol. The molecule has 3 heterocycles. The van der Waals surface area contributed by atoms with Crippen LogP contribution in [-0.4, -0.2) is 50.2 Å². The van der Waals surface area contributed by atoms with Gasteiger partial charge < -0.3 is 15.5 Å². The van der Waals surface area contributed by atoms with E-state index in [2.05, 4.69) is 18.3 Å². The normalized spacial score (nSPS) is 36.4. The molecule has 4 rings (SSSR count). The number of hydrogen-bond acceptors (Lipinski definition) is 4. The first-order valence-electron chi connectivity index (χ1n) is 10.1. The number of carbonyl (C=O) groups excluding carboxylic acids is 1. The Bertz CT molecular complexity index is 832. The number of aliphatic carboxylic acids is 1. The molecule has 1 fully saturated rings. The maximum absolute atomic E-state index is 12.9. The lowest BCUT2D eigenvalue weighted by Gasteiger charge is -2.38. The smallest absolute Gasteiger partial charge is 0.306 e. The lowest BCUT2D eigenvalue weighted by Crippen LogP contribution is -2.52. The molecule has 0 saturated carbocycles. The molecule has 0 aromatic rings. The summed E-state index contributed by atoms with van der Waals surface area (Å²) in [5.74, 6) is -0.901. The van der Waals surface area contributed by atoms with Gasteiger partial charge in [0.1, 0.15) is 18.3 Å². The third kappa shape index (κ3) is 2.93. The molecule has 0 bridgehead atoms. The summed E-state index contributed by atoms with van der Waals surface area (Å²) < 4.78 is 0.426. The molecule has 0 aromatic carbocycles. The molecule has 0 radical (unpaired) electrons. The van der Waals surface area contributed by atoms with E-state index in [1.54, 1.807) is 6.92 Å². The largest absolute Gasteiger partial charge is 0.481 e. The number of hydrogen-bond donors (Lipinski definition) is 3. The molecule has 3 N–H and O–H groups in total. The summed E-state index contributed by atoms with van der Waals surface area (Å²) >= 11 is 7.02. The monoisotopic (exact) mass is 407 g/mol. The van der Waals surface area contributed by atoms with Crippen molar-refractivity contribution in [3.63, 3.8) is 0 Å². The molecule has 0 amide bonds. The van der Waals surface area contributed by atoms with E-state index in [0.717, 1.165) is 31.4 Å². The van der Waals surface area contributed by atoms with Crippen LogP contribution in [-0.2, 0) is 9.59 Å². The standard InChI is InChI=1S/C21H27ClN2O4/c1-3-21(28,10-18(26)27)15-8-13-7-14-11-24(22)12(2)5-4-6-16(24)19(14)23-20(13)17(25)9-15/h5,9,14,16,19,23,28H,3-4,6-8,10-11H2,1-2H3/p+1. The van der Waals surface area contributed by atoms with Gasteiger partial charge in [0.2, 0.25) is 5.78 Å². The van der Waals surface area contributed by atoms with E-state index in [0.29, 0.717) is 27.6 Å². The van der Waals surface area contributed by atoms with E-state index in [-0.39, 0.29) is 24.3 Å². The van der Waals surface area contributed by atoms with Crippen LogP contribution in [0.25, 0.3) is 0 Å². The predicted molar refractivity (Wildman–Crippen MR) is 105 cm³/mol. The minimum absolute atomic E-state index is 0.158. The number of rotatable bonds is 4. The SMILES string of the molecule is CCC(O)(CC(=O)O)C1=CC(=O)C2=C(C1)CC1C[N+]3(Cl)C(C)=CCCC3C1N2. The van der Waals surface area contributed by atoms with Gasteiger partial charge in [-0.1, -0.05) is 6.92 Å². The molecule has 5 unspecified atom stereocenters. The number of quaternary nitrogens is 1. The van der Waals surface area contributed by atoms with Gasteiger partial charge in [0, 0.05) is 19.3 Å². The van der Waals surface area contributed by atoms with Crippen molar-refractivity contribution in [1.29, 1.82) is 0 Å². The number of halogens is 1. The van der Waals surface area contributed by atoms with Crippen LogP contribution in [0.3, 0.4) is 0 Å². The third-order valence-electron chi connectivity index (χ3n) is 7.19. The fourth-order valence-corrected chi connectivity index (χ4v) is 6.05. The molecular formula is C21H28ClN2O4+. The second kappa shape index (κ2) is 6.71. The van der Waals surface area contributed by atoms with Gasteiger partial charge in [-0.25, -0.2) is 0 Å². The van der Waals surface area contributed by atoms with Crippen molar-refractivity contribution in [1.82, 2.24) is 5.32 Å². The first kappa shape index (κ1) is 19.7. The number of aliphatic hydroxyl groups is 1. The minimum Gasteiger partial charge on any atom is -0.481 e. The molecule has 1 aliphatic carbocycles. The second-order valence-corrected chi connectivity index (χ2v) is 9.33. The van der Waals surface area contributed by atoms with E-state index in [1.165, 1.54) is 11.8 Å². The van der Waals surface area contributed by atoms with E-state index in [9.17, 15) is 19.8 Å². The van der Waals surface area contributed by atoms with Crippen LogP contribution in [0.1, 0.15) is 52.4 Å². The zero-order valence-electron chi connectivity index (χ0n) is 16.4. The number of carboxylic acid groups (broad SMARTS) is 1. The average molecular weight is 408 g/mol. The number of ketones is 1. The minimum atomic E-state index is -1.48. The fraction of sp³-hybridized carbons (Fsp3) is 0.619. The van der Waals surface area contributed by atoms with Crippen molar-refractivity contribution in [2.45, 2.75) is 70.1 Å². The van der Waals surface area contributed by atoms with Gasteiger partial charge in [-0.3, -0.25) is 9.59 Å². The summed E-state index contributed by atoms with van der Waals surface area (Å²) in [4.78, 5) is 24.1. The zero-order valence-corrected chi connectivity index (χ0v) is 17.1. The Labute approximate surface area is 170 Å². The van der Waals surface area contributed by atoms with Gasteiger partial charge in [0.25, 0.3) is 0 Å². The van der Waals surface area contributed by atoms with Gasteiger partial charge in [0.15, 0.2) is 11.8 Å². The van der Waals surface area contributed by atoms with Crippen LogP contribution in [0.2, 0.25) is 0 Å². The van der Waals surface area contributed by atoms with Gasteiger partial charge in [-0.15, -0.1) is 0 Å². The molecule has 7 heteroatoms. The van der Waals surface area contributed by atoms with Crippen LogP contribution in [0.5, 0.6) is 0 Å². The lowest BCUT2D eigenvalue weighted by atomic mass is 9.75. The summed E-state index contributed by atoms with van der Waals surface area (Å²) in [7, 11) is 0. The maximum Gasteiger partial charge on any atom is 0.306 e. The summed E-state index contributed by atoms with van der Waals surface area (Å²) in [5, 5.41) is 23.6. The van der Waals surface area contributed by atoms with E-state index >= 15 is 0 Å². The Kier molecular flexibility index (Phi) is 4.72. The molecule has 3 aliphatic heterocycles. The molecule has 152 valence electrons. The number of fused-ring (bicyclic) bond motifs is 3. The van der Waals surface area contributed by atoms with Gasteiger partial charge in [0.05, 0.1) is 23.8 Å². The highest BCUT2D eigenvalue weighted by molar-refractivity contribution is 6.08. The van der Waals surface area contributed by atoms with E-state index in [1.807, 2.05) is 0 Å². The molecule has 28 heavy (non-hydrogen) atoms. The zero-order chi connectivity index (χ0) is 20.3. The topological polar surface area (TPSA) is 86.6 Å². The number of nitrogens with zero attached hydrogens (tertiary/aromatic N) is 1. The molecule has 0 aromatic heterocycles. The summed E-state index contributed by atoms with van der Waals surface area (Å²) in [6, 6.07) is 0.423. The van der Waals surface area contributed by atoms with Crippen molar-refractivity contribution in [2.24, 2.45) is 5.92 Å². The Morgan fingerprint density at radius 1 is 1.46 bits per heavy atom. The van der Waals surface area contributed by atoms with Gasteiger partial charge >= 0.3 is 5.97 Å². The maximum atomic E-state index is 12.9. The van der Waals surface area contributed by atoms with E-state index < -0.39 is 18.0 Å². The van der Waals surface area contributed by atoms with Crippen LogP contribution >= 0.6 is 11.8 Å². The van der Waals surface area contributed by atoms with Crippen molar-refractivity contribution in [3.8, 4) is 0 Å². The molecule has 1 saturated heterocycles. The van der Waals surface area contributed by atoms with Crippen LogP contribution in [0, 0.1) is 5.92 Å². The first-order valence-corrected chi connectivity index (χ1v) is 10.4. The van der Waals surface area contributed by atoms with Crippen molar-refractivity contribution in [2.75, 3.05) is 6.54 Å². The van der Waals surface area contributed by atoms with Gasteiger partial charge in [-0.2, -0.15) is 4.00 Å². The lowest BCUT2D eigenvalue weighted by molar-refractivity contribution is -0.793. The Balaban J connectivity index is 1.60. The Morgan fingerprint density at radius 3 is 2.89 bits per heavy atom. The van der Waals surface area contributed by atoms with E-state index in [4.69, 9.17) is 11.8 Å². The van der Waals surface area contributed by atoms with Crippen molar-refractivity contribution < 1.29 is 23.8 Å². The highest BCUT2D eigenvalue weighted by Crippen LogP contribution is 2.49. The Hall–Kier alpha value is -1.63. The van der Waals surface area contributed by atoms with Crippen LogP contribution in [0.15, 0.2) is 34.7 Å². The highest BCUT2D eigenvalue weighted by Gasteiger charge is 2.58. The number of allylic oxidation sites excluding steroid dienone is 4. The number of carbonyl (C=O) groups is 2. The quantitative estimate of drug-likeness (QED) is 0.624. The highest BCUT2D eigenvalue weighted by atomic mass is 35.5. The van der Waals surface area contributed by atoms with Crippen molar-refractivity contribution in [3.05, 3.63) is 34.7 Å². The first-order chi connectivity index (χ1) is 13.2. The number of nitrogens with one attached hydrogen (secondary N) is 1. The molecule has 0 spiro atoms. The molecule has 5 atom stereocenters. The number of carboxylic acids is 1. The second-order valence-electron chi connectivity index (χ2n) is 8.72. The molecule has 6 nitrogen and oxygen atoms in total. The predicted octanol–water partition coefficient (Wildman–Crippen LogP) is 2.78. The third-order valence-corrected chi connectivity index (χ3v) is 7.85. The summed E-state index contributed by atoms with van der Waals surface area (Å²) in [6.07, 6.45) is 6.75. The van der Waals surface area contributed by atoms with Crippen LogP contribution in [0.4, 0.5) is 0 Å². The molecule has 4 aliphatic rings. The summed E-state index contributed by atoms with van der Waals surface area (Å²) in [5.41, 5.74) is 1.83.